The molecule has 42 heavy (non-hydrogen) atoms. The molecule has 0 atom stereocenters. The van der Waals surface area contributed by atoms with Crippen molar-refractivity contribution in [1.82, 2.24) is 14.5 Å². The summed E-state index contributed by atoms with van der Waals surface area (Å²) in [7, 11) is 0. The molecule has 0 saturated carbocycles. The summed E-state index contributed by atoms with van der Waals surface area (Å²) in [5.74, 6) is 0. The molecule has 4 rings (SSSR count). The number of hydrogen-bond acceptors (Lipinski definition) is 3. The van der Waals surface area contributed by atoms with Crippen LogP contribution in [-0.4, -0.2) is 26.1 Å². The summed E-state index contributed by atoms with van der Waals surface area (Å²) in [5.41, 5.74) is 0.772. The third-order valence-electron chi connectivity index (χ3n) is 6.51. The topological polar surface area (TPSA) is 56.9 Å². The van der Waals surface area contributed by atoms with E-state index in [0.717, 1.165) is 29.5 Å². The van der Waals surface area contributed by atoms with Crippen molar-refractivity contribution in [2.75, 3.05) is 11.9 Å². The van der Waals surface area contributed by atoms with Gasteiger partial charge >= 0.3 is 12.4 Å². The van der Waals surface area contributed by atoms with Crippen LogP contribution < -0.4 is 5.32 Å². The first-order chi connectivity index (χ1) is 19.9. The molecule has 0 fully saturated rings. The lowest BCUT2D eigenvalue weighted by Crippen LogP contribution is -2.36. The minimum Gasteiger partial charge on any atom is -0.345 e. The fraction of sp³-hybridized carbons (Fsp3) is 0.233. The lowest BCUT2D eigenvalue weighted by atomic mass is 10.1. The van der Waals surface area contributed by atoms with E-state index in [1.54, 1.807) is 24.7 Å². The molecule has 0 unspecified atom stereocenters. The van der Waals surface area contributed by atoms with Crippen LogP contribution in [0.15, 0.2) is 85.3 Å². The molecule has 0 spiro atoms. The van der Waals surface area contributed by atoms with Gasteiger partial charge in [0.25, 0.3) is 0 Å². The maximum atomic E-state index is 13.7. The third kappa shape index (κ3) is 8.10. The van der Waals surface area contributed by atoms with Gasteiger partial charge in [-0.3, -0.25) is 0 Å². The lowest BCUT2D eigenvalue weighted by molar-refractivity contribution is -0.138. The Labute approximate surface area is 244 Å². The van der Waals surface area contributed by atoms with E-state index in [-0.39, 0.29) is 29.5 Å². The van der Waals surface area contributed by atoms with Crippen molar-refractivity contribution in [2.24, 2.45) is 0 Å². The SMILES string of the molecule is N#Cc1ccc(Cn2cncc2CCCN(Cc2ccccc2C(F)(F)F)C(=S)Nc2cccc(C(F)(F)F)c2)cc1. The maximum absolute atomic E-state index is 13.7. The summed E-state index contributed by atoms with van der Waals surface area (Å²) >= 11 is 5.49. The van der Waals surface area contributed by atoms with Gasteiger partial charge in [-0.15, -0.1) is 0 Å². The average molecular weight is 602 g/mol. The summed E-state index contributed by atoms with van der Waals surface area (Å²) in [4.78, 5) is 5.73. The molecule has 3 aromatic carbocycles. The Morgan fingerprint density at radius 3 is 2.38 bits per heavy atom. The molecule has 0 aliphatic heterocycles. The van der Waals surface area contributed by atoms with Gasteiger partial charge in [-0.05, 0) is 72.6 Å². The quantitative estimate of drug-likeness (QED) is 0.158. The molecule has 0 radical (unpaired) electrons. The van der Waals surface area contributed by atoms with Crippen molar-refractivity contribution in [3.63, 3.8) is 0 Å². The van der Waals surface area contributed by atoms with Crippen LogP contribution in [0, 0.1) is 11.3 Å². The first-order valence-corrected chi connectivity index (χ1v) is 13.2. The van der Waals surface area contributed by atoms with Crippen LogP contribution in [0.5, 0.6) is 0 Å². The fourth-order valence-electron chi connectivity index (χ4n) is 4.40. The molecule has 0 amide bonds. The number of benzene rings is 3. The number of aryl methyl sites for hydroxylation is 1. The van der Waals surface area contributed by atoms with Crippen LogP contribution in [0.2, 0.25) is 0 Å². The van der Waals surface area contributed by atoms with Crippen LogP contribution in [-0.2, 0) is 31.9 Å². The highest BCUT2D eigenvalue weighted by Crippen LogP contribution is 2.33. The Kier molecular flexibility index (Phi) is 9.52. The zero-order chi connectivity index (χ0) is 30.3. The number of imidazole rings is 1. The van der Waals surface area contributed by atoms with Gasteiger partial charge in [0.1, 0.15) is 0 Å². The molecular formula is C30H25F6N5S. The Morgan fingerprint density at radius 2 is 1.69 bits per heavy atom. The number of aromatic nitrogens is 2. The molecule has 12 heteroatoms. The molecule has 1 heterocycles. The first-order valence-electron chi connectivity index (χ1n) is 12.8. The van der Waals surface area contributed by atoms with Crippen LogP contribution in [0.3, 0.4) is 0 Å². The van der Waals surface area contributed by atoms with Gasteiger partial charge in [-0.1, -0.05) is 36.4 Å². The highest BCUT2D eigenvalue weighted by Gasteiger charge is 2.33. The first kappa shape index (κ1) is 30.6. The van der Waals surface area contributed by atoms with Gasteiger partial charge in [-0.25, -0.2) is 4.98 Å². The monoisotopic (exact) mass is 601 g/mol. The molecular weight excluding hydrogens is 576 g/mol. The normalized spacial score (nSPS) is 11.6. The van der Waals surface area contributed by atoms with Gasteiger partial charge in [0, 0.05) is 37.2 Å². The largest absolute Gasteiger partial charge is 0.416 e. The number of nitrogens with zero attached hydrogens (tertiary/aromatic N) is 4. The highest BCUT2D eigenvalue weighted by atomic mass is 32.1. The number of alkyl halides is 6. The summed E-state index contributed by atoms with van der Waals surface area (Å²) in [5, 5.41) is 11.8. The van der Waals surface area contributed by atoms with E-state index in [0.29, 0.717) is 24.9 Å². The van der Waals surface area contributed by atoms with Crippen LogP contribution in [0.1, 0.15) is 39.9 Å². The van der Waals surface area contributed by atoms with Crippen molar-refractivity contribution < 1.29 is 26.3 Å². The summed E-state index contributed by atoms with van der Waals surface area (Å²) in [6, 6.07) is 18.8. The van der Waals surface area contributed by atoms with E-state index in [4.69, 9.17) is 17.5 Å². The standard InChI is InChI=1S/C30H25F6N5S/c31-29(32,33)24-6-3-7-25(15-24)39-28(42)40(19-23-5-1-2-9-27(23)30(34,35)36)14-4-8-26-17-38-20-41(26)18-22-12-10-21(16-37)11-13-22/h1-3,5-7,9-13,15,17,20H,4,8,14,18-19H2,(H,39,42). The summed E-state index contributed by atoms with van der Waals surface area (Å²) in [6.45, 7) is 0.531. The van der Waals surface area contributed by atoms with Crippen molar-refractivity contribution in [3.8, 4) is 6.07 Å². The molecule has 4 aromatic rings. The minimum absolute atomic E-state index is 0.00241. The van der Waals surface area contributed by atoms with Crippen LogP contribution >= 0.6 is 12.2 Å². The van der Waals surface area contributed by atoms with Crippen molar-refractivity contribution in [2.45, 2.75) is 38.3 Å². The van der Waals surface area contributed by atoms with Crippen molar-refractivity contribution >= 4 is 23.0 Å². The second-order valence-corrected chi connectivity index (χ2v) is 9.90. The highest BCUT2D eigenvalue weighted by molar-refractivity contribution is 7.80. The molecule has 218 valence electrons. The second kappa shape index (κ2) is 13.1. The maximum Gasteiger partial charge on any atom is 0.416 e. The average Bonchev–Trinajstić information content (AvgIpc) is 3.39. The Bertz CT molecular complexity index is 1550. The van der Waals surface area contributed by atoms with Gasteiger partial charge in [0.05, 0.1) is 29.1 Å². The second-order valence-electron chi connectivity index (χ2n) is 9.51. The third-order valence-corrected chi connectivity index (χ3v) is 6.87. The lowest BCUT2D eigenvalue weighted by Gasteiger charge is -2.27. The molecule has 0 aliphatic rings. The smallest absolute Gasteiger partial charge is 0.345 e. The Morgan fingerprint density at radius 1 is 0.952 bits per heavy atom. The Balaban J connectivity index is 1.50. The van der Waals surface area contributed by atoms with Crippen LogP contribution in [0.4, 0.5) is 32.0 Å². The van der Waals surface area contributed by atoms with Gasteiger partial charge in [0.2, 0.25) is 0 Å². The number of nitrogens with one attached hydrogen (secondary N) is 1. The van der Waals surface area contributed by atoms with E-state index < -0.39 is 23.5 Å². The Hall–Kier alpha value is -4.37. The molecule has 5 nitrogen and oxygen atoms in total. The molecule has 1 aromatic heterocycles. The van der Waals surface area contributed by atoms with Crippen molar-refractivity contribution in [3.05, 3.63) is 119 Å². The van der Waals surface area contributed by atoms with Gasteiger partial charge in [-0.2, -0.15) is 31.6 Å². The van der Waals surface area contributed by atoms with Crippen molar-refractivity contribution in [1.29, 1.82) is 5.26 Å². The summed E-state index contributed by atoms with van der Waals surface area (Å²) < 4.78 is 82.7. The summed E-state index contributed by atoms with van der Waals surface area (Å²) in [6.07, 6.45) is -4.80. The van der Waals surface area contributed by atoms with E-state index in [1.807, 2.05) is 16.7 Å². The number of halogens is 6. The van der Waals surface area contributed by atoms with Gasteiger partial charge in [0.15, 0.2) is 5.11 Å². The zero-order valence-electron chi connectivity index (χ0n) is 22.1. The molecule has 0 bridgehead atoms. The number of rotatable bonds is 9. The molecule has 1 N–H and O–H groups in total. The van der Waals surface area contributed by atoms with E-state index in [2.05, 4.69) is 16.4 Å². The molecule has 0 aliphatic carbocycles. The van der Waals surface area contributed by atoms with Gasteiger partial charge < -0.3 is 14.8 Å². The predicted molar refractivity (Wildman–Crippen MR) is 150 cm³/mol. The predicted octanol–water partition coefficient (Wildman–Crippen LogP) is 7.67. The van der Waals surface area contributed by atoms with Crippen LogP contribution in [0.25, 0.3) is 0 Å². The fourth-order valence-corrected chi connectivity index (χ4v) is 4.67. The minimum atomic E-state index is -4.59. The van der Waals surface area contributed by atoms with E-state index >= 15 is 0 Å². The number of hydrogen-bond donors (Lipinski definition) is 1. The van der Waals surface area contributed by atoms with E-state index in [1.165, 1.54) is 35.2 Å². The molecule has 0 saturated heterocycles. The number of thiocarbonyl (C=S) groups is 1. The van der Waals surface area contributed by atoms with E-state index in [9.17, 15) is 26.3 Å². The zero-order valence-corrected chi connectivity index (χ0v) is 22.9. The number of anilines is 1. The number of nitriles is 1.